The fourth-order valence-corrected chi connectivity index (χ4v) is 5.12. The number of benzene rings is 7. The molecule has 0 aliphatic heterocycles. The molecule has 0 spiro atoms. The molecule has 0 bridgehead atoms. The van der Waals surface area contributed by atoms with Crippen molar-refractivity contribution >= 4 is 54.3 Å². The predicted molar refractivity (Wildman–Crippen MR) is 157 cm³/mol. The molecule has 0 radical (unpaired) electrons. The van der Waals surface area contributed by atoms with Gasteiger partial charge in [-0.05, 0) is 72.7 Å². The first-order valence-corrected chi connectivity index (χ1v) is 11.6. The van der Waals surface area contributed by atoms with Crippen LogP contribution in [0.5, 0.6) is 0 Å². The van der Waals surface area contributed by atoms with Crippen molar-refractivity contribution < 1.29 is 23.6 Å². The number of hydrogen-bond acceptors (Lipinski definition) is 1. The maximum absolute atomic E-state index is 9.32. The molecule has 0 N–H and O–H groups in total. The highest BCUT2D eigenvalue weighted by molar-refractivity contribution is 6.25. The van der Waals surface area contributed by atoms with E-state index < -0.39 is 72.5 Å². The van der Waals surface area contributed by atoms with Gasteiger partial charge in [-0.15, -0.1) is 0 Å². The Bertz CT molecular complexity index is 2850. The van der Waals surface area contributed by atoms with Gasteiger partial charge < -0.3 is 4.42 Å². The van der Waals surface area contributed by atoms with Crippen LogP contribution in [0.3, 0.4) is 0 Å². The molecule has 1 aromatic heterocycles. The van der Waals surface area contributed by atoms with Crippen LogP contribution in [0.2, 0.25) is 0 Å². The Hall–Kier alpha value is -4.88. The molecule has 0 aliphatic carbocycles. The van der Waals surface area contributed by atoms with Gasteiger partial charge >= 0.3 is 0 Å². The van der Waals surface area contributed by atoms with Gasteiger partial charge in [-0.3, -0.25) is 0 Å². The molecule has 0 fully saturated rings. The van der Waals surface area contributed by atoms with Gasteiger partial charge in [0.25, 0.3) is 0 Å². The number of para-hydroxylation sites is 1. The molecule has 8 aromatic rings. The fourth-order valence-electron chi connectivity index (χ4n) is 5.12. The van der Waals surface area contributed by atoms with Crippen molar-refractivity contribution in [3.8, 4) is 22.3 Å². The summed E-state index contributed by atoms with van der Waals surface area (Å²) in [7, 11) is 0. The SMILES string of the molecule is [2H]c1c([2H])c([2H])c2c(oc3c([2H])c([2H])c([2H])c(-c4c5ccccc5c(-c5c([2H])c([2H])c6c([2H])c([2H])c([2H])c([2H])c6c5[2H])c5ccccc45)c32)c1[2H]. The number of rotatable bonds is 2. The third-order valence-corrected chi connectivity index (χ3v) is 6.63. The molecule has 0 unspecified atom stereocenters. The summed E-state index contributed by atoms with van der Waals surface area (Å²) in [5.41, 5.74) is 0.332. The molecule has 7 aromatic carbocycles. The van der Waals surface area contributed by atoms with Crippen LogP contribution in [0.25, 0.3) is 76.5 Å². The summed E-state index contributed by atoms with van der Waals surface area (Å²) in [4.78, 5) is 0. The molecule has 0 saturated heterocycles. The third-order valence-electron chi connectivity index (χ3n) is 6.63. The molecule has 0 saturated carbocycles. The summed E-state index contributed by atoms with van der Waals surface area (Å²) in [6.07, 6.45) is 0. The smallest absolute Gasteiger partial charge is 0.136 e. The van der Waals surface area contributed by atoms with E-state index in [-0.39, 0.29) is 55.9 Å². The van der Waals surface area contributed by atoms with Crippen LogP contribution in [0.15, 0.2) is 138 Å². The lowest BCUT2D eigenvalue weighted by Gasteiger charge is -2.18. The Balaban J connectivity index is 1.63. The van der Waals surface area contributed by atoms with E-state index in [0.717, 1.165) is 0 Å². The monoisotopic (exact) mass is 484 g/mol. The lowest BCUT2D eigenvalue weighted by molar-refractivity contribution is 0.669. The summed E-state index contributed by atoms with van der Waals surface area (Å²) < 4.78 is 127. The predicted octanol–water partition coefficient (Wildman–Crippen LogP) is 10.4. The average Bonchev–Trinajstić information content (AvgIpc) is 3.53. The highest BCUT2D eigenvalue weighted by Gasteiger charge is 2.20. The highest BCUT2D eigenvalue weighted by Crippen LogP contribution is 2.46. The Labute approximate surface area is 233 Å². The van der Waals surface area contributed by atoms with E-state index in [1.54, 1.807) is 48.5 Å². The lowest BCUT2D eigenvalue weighted by Crippen LogP contribution is -1.91. The van der Waals surface area contributed by atoms with Gasteiger partial charge in [0, 0.05) is 10.8 Å². The molecule has 0 atom stereocenters. The second kappa shape index (κ2) is 7.81. The summed E-state index contributed by atoms with van der Waals surface area (Å²) >= 11 is 0. The normalized spacial score (nSPS) is 17.1. The standard InChI is InChI=1S/C36H22O/c1-2-11-24-22-25(21-20-23(24)10-1)34-26-12-3-5-14-28(26)35(29-15-6-4-13-27(29)34)31-17-9-19-33-36(31)30-16-7-8-18-32(30)37-33/h1-22H/i1D,2D,7D,8D,9D,10D,11D,16D,17D,18D,19D,20D,21D,22D. The molecular formula is C36H22O. The van der Waals surface area contributed by atoms with Gasteiger partial charge in [-0.2, -0.15) is 0 Å². The molecular weight excluding hydrogens is 448 g/mol. The van der Waals surface area contributed by atoms with Crippen LogP contribution in [0.4, 0.5) is 0 Å². The van der Waals surface area contributed by atoms with Gasteiger partial charge in [0.15, 0.2) is 0 Å². The quantitative estimate of drug-likeness (QED) is 0.222. The van der Waals surface area contributed by atoms with Gasteiger partial charge in [0.1, 0.15) is 11.2 Å². The molecule has 37 heavy (non-hydrogen) atoms. The van der Waals surface area contributed by atoms with E-state index in [2.05, 4.69) is 0 Å². The van der Waals surface area contributed by atoms with Crippen molar-refractivity contribution in [2.75, 3.05) is 0 Å². The van der Waals surface area contributed by atoms with Crippen molar-refractivity contribution in [3.63, 3.8) is 0 Å². The Morgan fingerprint density at radius 1 is 0.486 bits per heavy atom. The van der Waals surface area contributed by atoms with Crippen LogP contribution in [0.1, 0.15) is 19.2 Å². The Morgan fingerprint density at radius 3 is 1.86 bits per heavy atom. The minimum Gasteiger partial charge on any atom is -0.456 e. The van der Waals surface area contributed by atoms with E-state index in [4.69, 9.17) is 20.9 Å². The minimum absolute atomic E-state index is 0.0433. The lowest BCUT2D eigenvalue weighted by atomic mass is 9.84. The molecule has 8 rings (SSSR count). The minimum atomic E-state index is -0.575. The molecule has 1 heteroatoms. The maximum atomic E-state index is 9.32. The van der Waals surface area contributed by atoms with Crippen molar-refractivity contribution in [3.05, 3.63) is 133 Å². The van der Waals surface area contributed by atoms with Gasteiger partial charge in [-0.1, -0.05) is 115 Å². The zero-order valence-corrected chi connectivity index (χ0v) is 19.0. The second-order valence-corrected chi connectivity index (χ2v) is 8.60. The molecule has 1 heterocycles. The van der Waals surface area contributed by atoms with Crippen molar-refractivity contribution in [1.82, 2.24) is 0 Å². The first-order valence-electron chi connectivity index (χ1n) is 18.6. The maximum Gasteiger partial charge on any atom is 0.136 e. The van der Waals surface area contributed by atoms with E-state index in [9.17, 15) is 2.74 Å². The van der Waals surface area contributed by atoms with E-state index in [1.165, 1.54) is 0 Å². The zero-order valence-electron chi connectivity index (χ0n) is 33.0. The molecule has 0 amide bonds. The van der Waals surface area contributed by atoms with Crippen LogP contribution in [-0.4, -0.2) is 0 Å². The van der Waals surface area contributed by atoms with Gasteiger partial charge in [0.2, 0.25) is 0 Å². The third kappa shape index (κ3) is 2.98. The largest absolute Gasteiger partial charge is 0.456 e. The number of hydrogen-bond donors (Lipinski definition) is 0. The molecule has 172 valence electrons. The van der Waals surface area contributed by atoms with Crippen LogP contribution in [0, 0.1) is 0 Å². The topological polar surface area (TPSA) is 13.1 Å². The van der Waals surface area contributed by atoms with E-state index in [0.29, 0.717) is 32.7 Å². The summed E-state index contributed by atoms with van der Waals surface area (Å²) in [6.45, 7) is 0. The number of furan rings is 1. The molecule has 0 aliphatic rings. The Morgan fingerprint density at radius 2 is 1.11 bits per heavy atom. The fraction of sp³-hybridized carbons (Fsp3) is 0. The van der Waals surface area contributed by atoms with Crippen molar-refractivity contribution in [1.29, 1.82) is 0 Å². The van der Waals surface area contributed by atoms with E-state index >= 15 is 0 Å². The summed E-state index contributed by atoms with van der Waals surface area (Å²) in [5, 5.41) is 1.36. The van der Waals surface area contributed by atoms with Gasteiger partial charge in [-0.25, -0.2) is 0 Å². The van der Waals surface area contributed by atoms with Crippen molar-refractivity contribution in [2.45, 2.75) is 0 Å². The van der Waals surface area contributed by atoms with Crippen molar-refractivity contribution in [2.24, 2.45) is 0 Å². The van der Waals surface area contributed by atoms with Crippen LogP contribution in [-0.2, 0) is 0 Å². The van der Waals surface area contributed by atoms with Crippen LogP contribution < -0.4 is 0 Å². The second-order valence-electron chi connectivity index (χ2n) is 8.60. The Kier molecular flexibility index (Phi) is 2.33. The van der Waals surface area contributed by atoms with Crippen LogP contribution >= 0.6 is 0 Å². The first-order chi connectivity index (χ1) is 24.2. The summed E-state index contributed by atoms with van der Waals surface area (Å²) in [6, 6.07) is 7.01. The molecule has 1 nitrogen and oxygen atoms in total. The summed E-state index contributed by atoms with van der Waals surface area (Å²) in [5.74, 6) is 0. The zero-order chi connectivity index (χ0) is 36.5. The first kappa shape index (κ1) is 11.0. The van der Waals surface area contributed by atoms with E-state index in [1.807, 2.05) is 0 Å². The number of fused-ring (bicyclic) bond motifs is 6. The highest BCUT2D eigenvalue weighted by atomic mass is 16.3. The van der Waals surface area contributed by atoms with Gasteiger partial charge in [0.05, 0.1) is 19.2 Å². The average molecular weight is 485 g/mol.